The SMILES string of the molecule is CCNC(CCOC(C)CC)(C(=O)OC)c1ccccc1. The topological polar surface area (TPSA) is 47.6 Å². The van der Waals surface area contributed by atoms with Crippen LogP contribution in [0.4, 0.5) is 0 Å². The van der Waals surface area contributed by atoms with Gasteiger partial charge in [0.1, 0.15) is 5.54 Å². The average molecular weight is 293 g/mol. The van der Waals surface area contributed by atoms with Gasteiger partial charge in [0.15, 0.2) is 0 Å². The number of ether oxygens (including phenoxy) is 2. The molecule has 1 rings (SSSR count). The van der Waals surface area contributed by atoms with E-state index in [4.69, 9.17) is 9.47 Å². The van der Waals surface area contributed by atoms with Crippen LogP contribution < -0.4 is 5.32 Å². The number of carbonyl (C=O) groups excluding carboxylic acids is 1. The fourth-order valence-corrected chi connectivity index (χ4v) is 2.36. The number of benzene rings is 1. The van der Waals surface area contributed by atoms with Crippen molar-refractivity contribution in [3.63, 3.8) is 0 Å². The first-order chi connectivity index (χ1) is 10.1. The molecule has 0 saturated carbocycles. The summed E-state index contributed by atoms with van der Waals surface area (Å²) in [5, 5.41) is 3.30. The van der Waals surface area contributed by atoms with E-state index in [1.54, 1.807) is 0 Å². The van der Waals surface area contributed by atoms with Crippen LogP contribution in [0.25, 0.3) is 0 Å². The molecule has 2 atom stereocenters. The third kappa shape index (κ3) is 4.55. The molecule has 0 heterocycles. The van der Waals surface area contributed by atoms with Crippen LogP contribution in [0.5, 0.6) is 0 Å². The van der Waals surface area contributed by atoms with Crippen molar-refractivity contribution < 1.29 is 14.3 Å². The maximum absolute atomic E-state index is 12.4. The Hall–Kier alpha value is -1.39. The maximum Gasteiger partial charge on any atom is 0.330 e. The molecule has 0 aliphatic rings. The molecule has 2 unspecified atom stereocenters. The standard InChI is InChI=1S/C17H27NO3/c1-5-14(3)21-13-12-17(18-6-2,16(19)20-4)15-10-8-7-9-11-15/h7-11,14,18H,5-6,12-13H2,1-4H3. The van der Waals surface area contributed by atoms with Gasteiger partial charge < -0.3 is 9.47 Å². The minimum atomic E-state index is -0.849. The zero-order valence-electron chi connectivity index (χ0n) is 13.5. The number of nitrogens with one attached hydrogen (secondary N) is 1. The molecule has 0 fully saturated rings. The number of hydrogen-bond acceptors (Lipinski definition) is 4. The van der Waals surface area contributed by atoms with Gasteiger partial charge in [0.05, 0.1) is 13.2 Å². The molecule has 118 valence electrons. The molecular formula is C17H27NO3. The number of likely N-dealkylation sites (N-methyl/N-ethyl adjacent to an activating group) is 1. The molecule has 0 aromatic heterocycles. The van der Waals surface area contributed by atoms with Crippen LogP contribution in [0, 0.1) is 0 Å². The molecule has 1 aromatic carbocycles. The van der Waals surface area contributed by atoms with E-state index in [2.05, 4.69) is 12.2 Å². The minimum Gasteiger partial charge on any atom is -0.467 e. The van der Waals surface area contributed by atoms with Crippen LogP contribution in [0.3, 0.4) is 0 Å². The highest BCUT2D eigenvalue weighted by molar-refractivity contribution is 5.82. The molecule has 0 amide bonds. The second-order valence-corrected chi connectivity index (χ2v) is 5.13. The van der Waals surface area contributed by atoms with Gasteiger partial charge in [-0.25, -0.2) is 4.79 Å². The molecule has 1 N–H and O–H groups in total. The number of rotatable bonds is 9. The number of carbonyl (C=O) groups is 1. The monoisotopic (exact) mass is 293 g/mol. The molecular weight excluding hydrogens is 266 g/mol. The van der Waals surface area contributed by atoms with E-state index in [0.29, 0.717) is 19.6 Å². The Bertz CT molecular complexity index is 421. The van der Waals surface area contributed by atoms with Crippen LogP contribution in [0.1, 0.15) is 39.2 Å². The number of hydrogen-bond donors (Lipinski definition) is 1. The van der Waals surface area contributed by atoms with Gasteiger partial charge in [-0.2, -0.15) is 0 Å². The van der Waals surface area contributed by atoms with Crippen molar-refractivity contribution in [2.24, 2.45) is 0 Å². The molecule has 0 spiro atoms. The van der Waals surface area contributed by atoms with Crippen molar-refractivity contribution in [1.82, 2.24) is 5.32 Å². The molecule has 0 aliphatic carbocycles. The van der Waals surface area contributed by atoms with Gasteiger partial charge in [0, 0.05) is 13.0 Å². The maximum atomic E-state index is 12.4. The Morgan fingerprint density at radius 2 is 1.95 bits per heavy atom. The Kier molecular flexibility index (Phi) is 7.40. The fourth-order valence-electron chi connectivity index (χ4n) is 2.36. The van der Waals surface area contributed by atoms with Crippen molar-refractivity contribution in [3.05, 3.63) is 35.9 Å². The van der Waals surface area contributed by atoms with Crippen LogP contribution in [-0.2, 0) is 19.8 Å². The minimum absolute atomic E-state index is 0.192. The summed E-state index contributed by atoms with van der Waals surface area (Å²) in [6.07, 6.45) is 1.69. The first kappa shape index (κ1) is 17.7. The second-order valence-electron chi connectivity index (χ2n) is 5.13. The summed E-state index contributed by atoms with van der Waals surface area (Å²) in [6.45, 7) is 7.28. The molecule has 4 nitrogen and oxygen atoms in total. The normalized spacial score (nSPS) is 15.2. The van der Waals surface area contributed by atoms with E-state index in [1.165, 1.54) is 7.11 Å². The van der Waals surface area contributed by atoms with E-state index in [9.17, 15) is 4.79 Å². The largest absolute Gasteiger partial charge is 0.467 e. The summed E-state index contributed by atoms with van der Waals surface area (Å²) in [7, 11) is 1.42. The first-order valence-corrected chi connectivity index (χ1v) is 7.61. The third-order valence-electron chi connectivity index (χ3n) is 3.73. The van der Waals surface area contributed by atoms with Crippen LogP contribution in [0.15, 0.2) is 30.3 Å². The van der Waals surface area contributed by atoms with E-state index in [1.807, 2.05) is 44.2 Å². The van der Waals surface area contributed by atoms with Crippen molar-refractivity contribution in [3.8, 4) is 0 Å². The Morgan fingerprint density at radius 3 is 2.48 bits per heavy atom. The highest BCUT2D eigenvalue weighted by atomic mass is 16.5. The van der Waals surface area contributed by atoms with Crippen LogP contribution in [0.2, 0.25) is 0 Å². The van der Waals surface area contributed by atoms with Crippen molar-refractivity contribution in [2.45, 2.75) is 45.3 Å². The zero-order valence-corrected chi connectivity index (χ0v) is 13.5. The Balaban J connectivity index is 2.99. The van der Waals surface area contributed by atoms with E-state index < -0.39 is 5.54 Å². The van der Waals surface area contributed by atoms with Crippen LogP contribution >= 0.6 is 0 Å². The van der Waals surface area contributed by atoms with Crippen molar-refractivity contribution in [1.29, 1.82) is 0 Å². The lowest BCUT2D eigenvalue weighted by atomic mass is 9.86. The van der Waals surface area contributed by atoms with E-state index in [-0.39, 0.29) is 12.1 Å². The molecule has 0 aliphatic heterocycles. The van der Waals surface area contributed by atoms with Crippen molar-refractivity contribution >= 4 is 5.97 Å². The molecule has 0 saturated heterocycles. The lowest BCUT2D eigenvalue weighted by Gasteiger charge is -2.32. The summed E-state index contributed by atoms with van der Waals surface area (Å²) in [4.78, 5) is 12.4. The Morgan fingerprint density at radius 1 is 1.29 bits per heavy atom. The molecule has 21 heavy (non-hydrogen) atoms. The smallest absolute Gasteiger partial charge is 0.330 e. The molecule has 0 radical (unpaired) electrons. The second kappa shape index (κ2) is 8.80. The number of esters is 1. The van der Waals surface area contributed by atoms with Gasteiger partial charge in [-0.15, -0.1) is 0 Å². The predicted octanol–water partition coefficient (Wildman–Crippen LogP) is 2.87. The summed E-state index contributed by atoms with van der Waals surface area (Å²) >= 11 is 0. The van der Waals surface area contributed by atoms with E-state index >= 15 is 0 Å². The predicted molar refractivity (Wildman–Crippen MR) is 84.1 cm³/mol. The quantitative estimate of drug-likeness (QED) is 0.711. The summed E-state index contributed by atoms with van der Waals surface area (Å²) in [6, 6.07) is 9.69. The lowest BCUT2D eigenvalue weighted by molar-refractivity contribution is -0.150. The molecule has 1 aromatic rings. The Labute approximate surface area is 127 Å². The highest BCUT2D eigenvalue weighted by Gasteiger charge is 2.40. The van der Waals surface area contributed by atoms with Gasteiger partial charge in [-0.1, -0.05) is 44.2 Å². The first-order valence-electron chi connectivity index (χ1n) is 7.61. The summed E-state index contributed by atoms with van der Waals surface area (Å²) in [5.74, 6) is -0.275. The highest BCUT2D eigenvalue weighted by Crippen LogP contribution is 2.27. The van der Waals surface area contributed by atoms with Gasteiger partial charge in [-0.05, 0) is 25.5 Å². The van der Waals surface area contributed by atoms with Gasteiger partial charge in [0.2, 0.25) is 0 Å². The fraction of sp³-hybridized carbons (Fsp3) is 0.588. The third-order valence-corrected chi connectivity index (χ3v) is 3.73. The summed E-state index contributed by atoms with van der Waals surface area (Å²) in [5.41, 5.74) is 0.0598. The van der Waals surface area contributed by atoms with Gasteiger partial charge in [0.25, 0.3) is 0 Å². The summed E-state index contributed by atoms with van der Waals surface area (Å²) < 4.78 is 10.8. The zero-order chi connectivity index (χ0) is 15.7. The molecule has 0 bridgehead atoms. The average Bonchev–Trinajstić information content (AvgIpc) is 2.53. The lowest BCUT2D eigenvalue weighted by Crippen LogP contribution is -2.50. The van der Waals surface area contributed by atoms with Gasteiger partial charge >= 0.3 is 5.97 Å². The molecule has 4 heteroatoms. The van der Waals surface area contributed by atoms with E-state index in [0.717, 1.165) is 12.0 Å². The van der Waals surface area contributed by atoms with Gasteiger partial charge in [-0.3, -0.25) is 5.32 Å². The van der Waals surface area contributed by atoms with Crippen LogP contribution in [-0.4, -0.2) is 32.3 Å². The number of methoxy groups -OCH3 is 1. The van der Waals surface area contributed by atoms with Crippen molar-refractivity contribution in [2.75, 3.05) is 20.3 Å².